The van der Waals surface area contributed by atoms with Crippen molar-refractivity contribution in [2.75, 3.05) is 13.1 Å². The molecule has 40 heavy (non-hydrogen) atoms. The van der Waals surface area contributed by atoms with Crippen molar-refractivity contribution in [3.63, 3.8) is 0 Å². The third kappa shape index (κ3) is 6.36. The van der Waals surface area contributed by atoms with Gasteiger partial charge in [0, 0.05) is 31.1 Å². The minimum atomic E-state index is -0.0862. The van der Waals surface area contributed by atoms with Gasteiger partial charge in [0.15, 0.2) is 11.0 Å². The second kappa shape index (κ2) is 12.5. The van der Waals surface area contributed by atoms with Crippen molar-refractivity contribution in [1.29, 1.82) is 0 Å². The van der Waals surface area contributed by atoms with Crippen LogP contribution in [0.4, 0.5) is 0 Å². The van der Waals surface area contributed by atoms with Crippen molar-refractivity contribution in [2.45, 2.75) is 43.3 Å². The van der Waals surface area contributed by atoms with Gasteiger partial charge in [-0.25, -0.2) is 4.98 Å². The van der Waals surface area contributed by atoms with Crippen LogP contribution in [0.5, 0.6) is 0 Å². The Morgan fingerprint density at radius 1 is 1.02 bits per heavy atom. The van der Waals surface area contributed by atoms with Gasteiger partial charge in [-0.1, -0.05) is 60.3 Å². The van der Waals surface area contributed by atoms with Gasteiger partial charge in [0.05, 0.1) is 16.3 Å². The van der Waals surface area contributed by atoms with Crippen LogP contribution >= 0.6 is 34.4 Å². The highest BCUT2D eigenvalue weighted by Crippen LogP contribution is 2.32. The third-order valence-corrected chi connectivity index (χ3v) is 9.75. The Hall–Kier alpha value is -3.31. The molecule has 6 rings (SSSR count). The maximum absolute atomic E-state index is 13.0. The van der Waals surface area contributed by atoms with Gasteiger partial charge in [0.1, 0.15) is 10.7 Å². The molecule has 1 amide bonds. The molecule has 0 radical (unpaired) electrons. The highest BCUT2D eigenvalue weighted by atomic mass is 32.2. The second-order valence-corrected chi connectivity index (χ2v) is 12.7. The number of hydrogen-bond donors (Lipinski definition) is 1. The SMILES string of the molecule is Cc1cccc(-n2c(SCc3nc(C(=O)NC4CCN(Cc5ccccc5)CC4)cs3)nnc2-c2cccs2)c1. The second-order valence-electron chi connectivity index (χ2n) is 9.88. The lowest BCUT2D eigenvalue weighted by Gasteiger charge is -2.32. The number of thioether (sulfide) groups is 1. The van der Waals surface area contributed by atoms with Gasteiger partial charge in [-0.15, -0.1) is 32.9 Å². The first-order valence-corrected chi connectivity index (χ1v) is 16.1. The number of amides is 1. The first-order chi connectivity index (χ1) is 19.6. The lowest BCUT2D eigenvalue weighted by molar-refractivity contribution is 0.0904. The highest BCUT2D eigenvalue weighted by molar-refractivity contribution is 7.98. The number of thiophene rings is 1. The Morgan fingerprint density at radius 3 is 2.65 bits per heavy atom. The Kier molecular flexibility index (Phi) is 8.38. The number of nitrogens with zero attached hydrogens (tertiary/aromatic N) is 5. The van der Waals surface area contributed by atoms with Crippen LogP contribution in [0.1, 0.15) is 39.5 Å². The van der Waals surface area contributed by atoms with Crippen LogP contribution in [-0.2, 0) is 12.3 Å². The molecule has 0 bridgehead atoms. The normalized spacial score (nSPS) is 14.4. The van der Waals surface area contributed by atoms with E-state index in [0.717, 1.165) is 59.0 Å². The number of rotatable bonds is 9. The van der Waals surface area contributed by atoms with Gasteiger partial charge >= 0.3 is 0 Å². The van der Waals surface area contributed by atoms with Crippen LogP contribution < -0.4 is 5.32 Å². The van der Waals surface area contributed by atoms with Crippen LogP contribution in [0.3, 0.4) is 0 Å². The average Bonchev–Trinajstić information content (AvgIpc) is 3.75. The molecule has 0 spiro atoms. The van der Waals surface area contributed by atoms with Gasteiger partial charge in [-0.2, -0.15) is 0 Å². The maximum Gasteiger partial charge on any atom is 0.270 e. The molecule has 0 atom stereocenters. The topological polar surface area (TPSA) is 75.9 Å². The van der Waals surface area contributed by atoms with E-state index in [4.69, 9.17) is 0 Å². The van der Waals surface area contributed by atoms with Crippen molar-refractivity contribution in [3.05, 3.63) is 99.3 Å². The molecule has 204 valence electrons. The van der Waals surface area contributed by atoms with Gasteiger partial charge in [-0.3, -0.25) is 14.3 Å². The van der Waals surface area contributed by atoms with Crippen molar-refractivity contribution in [3.8, 4) is 16.4 Å². The van der Waals surface area contributed by atoms with Crippen molar-refractivity contribution in [1.82, 2.24) is 30.0 Å². The number of carbonyl (C=O) groups is 1. The van der Waals surface area contributed by atoms with E-state index in [-0.39, 0.29) is 11.9 Å². The molecule has 10 heteroatoms. The Morgan fingerprint density at radius 2 is 1.88 bits per heavy atom. The zero-order valence-corrected chi connectivity index (χ0v) is 24.6. The summed E-state index contributed by atoms with van der Waals surface area (Å²) >= 11 is 4.75. The van der Waals surface area contributed by atoms with Gasteiger partial charge in [0.25, 0.3) is 5.91 Å². The van der Waals surface area contributed by atoms with E-state index in [0.29, 0.717) is 11.4 Å². The molecule has 0 saturated carbocycles. The molecule has 2 aromatic carbocycles. The lowest BCUT2D eigenvalue weighted by Crippen LogP contribution is -2.44. The number of aryl methyl sites for hydroxylation is 1. The van der Waals surface area contributed by atoms with E-state index in [1.54, 1.807) is 23.1 Å². The zero-order valence-electron chi connectivity index (χ0n) is 22.2. The number of piperidine rings is 1. The number of likely N-dealkylation sites (tertiary alicyclic amines) is 1. The van der Waals surface area contributed by atoms with E-state index >= 15 is 0 Å². The molecule has 7 nitrogen and oxygen atoms in total. The monoisotopic (exact) mass is 586 g/mol. The van der Waals surface area contributed by atoms with Crippen molar-refractivity contribution in [2.24, 2.45) is 0 Å². The maximum atomic E-state index is 13.0. The Labute approximate surface area is 246 Å². The van der Waals surface area contributed by atoms with E-state index in [2.05, 4.69) is 91.5 Å². The molecule has 1 saturated heterocycles. The summed E-state index contributed by atoms with van der Waals surface area (Å²) in [6.07, 6.45) is 1.90. The quantitative estimate of drug-likeness (QED) is 0.200. The van der Waals surface area contributed by atoms with Crippen LogP contribution in [0, 0.1) is 6.92 Å². The van der Waals surface area contributed by atoms with Gasteiger partial charge in [-0.05, 0) is 54.5 Å². The first-order valence-electron chi connectivity index (χ1n) is 13.3. The average molecular weight is 587 g/mol. The molecular formula is C30H30N6OS3. The predicted molar refractivity (Wildman–Crippen MR) is 163 cm³/mol. The number of thiazole rings is 1. The smallest absolute Gasteiger partial charge is 0.270 e. The fourth-order valence-electron chi connectivity index (χ4n) is 4.87. The number of carbonyl (C=O) groups excluding carboxylic acids is 1. The van der Waals surface area contributed by atoms with E-state index in [9.17, 15) is 4.79 Å². The van der Waals surface area contributed by atoms with E-state index in [1.807, 2.05) is 22.9 Å². The largest absolute Gasteiger partial charge is 0.348 e. The molecule has 0 aliphatic carbocycles. The standard InChI is InChI=1S/C30H30N6OS3/c1-21-7-5-10-24(17-21)36-28(26-11-6-16-38-26)33-34-30(36)40-20-27-32-25(19-39-27)29(37)31-23-12-14-35(15-13-23)18-22-8-3-2-4-9-22/h2-11,16-17,19,23H,12-15,18,20H2,1H3,(H,31,37). The molecule has 1 aliphatic heterocycles. The summed E-state index contributed by atoms with van der Waals surface area (Å²) in [5.41, 5.74) is 4.03. The summed E-state index contributed by atoms with van der Waals surface area (Å²) in [4.78, 5) is 21.1. The minimum Gasteiger partial charge on any atom is -0.348 e. The molecule has 3 aromatic heterocycles. The summed E-state index contributed by atoms with van der Waals surface area (Å²) in [5, 5.41) is 17.9. The van der Waals surface area contributed by atoms with E-state index < -0.39 is 0 Å². The molecule has 4 heterocycles. The predicted octanol–water partition coefficient (Wildman–Crippen LogP) is 6.45. The summed E-state index contributed by atoms with van der Waals surface area (Å²) < 4.78 is 2.11. The fraction of sp³-hybridized carbons (Fsp3) is 0.267. The molecule has 1 aliphatic rings. The number of benzene rings is 2. The van der Waals surface area contributed by atoms with Crippen LogP contribution in [0.2, 0.25) is 0 Å². The summed E-state index contributed by atoms with van der Waals surface area (Å²) in [6.45, 7) is 5.00. The summed E-state index contributed by atoms with van der Waals surface area (Å²) in [7, 11) is 0. The summed E-state index contributed by atoms with van der Waals surface area (Å²) in [5.74, 6) is 1.36. The highest BCUT2D eigenvalue weighted by Gasteiger charge is 2.23. The van der Waals surface area contributed by atoms with Gasteiger partial charge < -0.3 is 5.32 Å². The first kappa shape index (κ1) is 26.9. The molecular weight excluding hydrogens is 557 g/mol. The molecule has 1 N–H and O–H groups in total. The van der Waals surface area contributed by atoms with Crippen LogP contribution in [-0.4, -0.2) is 49.7 Å². The van der Waals surface area contributed by atoms with Crippen molar-refractivity contribution < 1.29 is 4.79 Å². The summed E-state index contributed by atoms with van der Waals surface area (Å²) in [6, 6.07) is 23.2. The van der Waals surface area contributed by atoms with Gasteiger partial charge in [0.2, 0.25) is 0 Å². The lowest BCUT2D eigenvalue weighted by atomic mass is 10.0. The van der Waals surface area contributed by atoms with Crippen LogP contribution in [0.25, 0.3) is 16.4 Å². The molecule has 5 aromatic rings. The minimum absolute atomic E-state index is 0.0862. The molecule has 1 fully saturated rings. The number of aromatic nitrogens is 4. The number of hydrogen-bond acceptors (Lipinski definition) is 8. The van der Waals surface area contributed by atoms with Crippen molar-refractivity contribution >= 4 is 40.3 Å². The zero-order chi connectivity index (χ0) is 27.3. The Bertz CT molecular complexity index is 1560. The molecule has 0 unspecified atom stereocenters. The number of nitrogens with one attached hydrogen (secondary N) is 1. The third-order valence-electron chi connectivity index (χ3n) is 6.92. The Balaban J connectivity index is 1.07. The fourth-order valence-corrected chi connectivity index (χ4v) is 7.32. The van der Waals surface area contributed by atoms with Crippen LogP contribution in [0.15, 0.2) is 82.6 Å². The van der Waals surface area contributed by atoms with E-state index in [1.165, 1.54) is 22.5 Å².